The van der Waals surface area contributed by atoms with Crippen LogP contribution in [-0.2, 0) is 17.9 Å². The lowest BCUT2D eigenvalue weighted by atomic mass is 10.2. The minimum absolute atomic E-state index is 0.0941. The van der Waals surface area contributed by atoms with Gasteiger partial charge in [0, 0.05) is 25.5 Å². The van der Waals surface area contributed by atoms with Gasteiger partial charge in [0.1, 0.15) is 11.6 Å². The Bertz CT molecular complexity index is 879. The molecule has 0 saturated heterocycles. The molecular weight excluding hydrogens is 365 g/mol. The summed E-state index contributed by atoms with van der Waals surface area (Å²) in [5, 5.41) is 3.61. The molecule has 140 valence electrons. The standard InChI is InChI=1S/C20H20FN3O2S/c1-26-18-8-4-16(5-9-18)13-24-11-10-22-20(24)27-14-19(25)23-12-15-2-6-17(21)7-3-15/h2-11H,12-14H2,1H3,(H,23,25). The Hall–Kier alpha value is -2.80. The number of thioether (sulfide) groups is 1. The first-order valence-electron chi connectivity index (χ1n) is 8.42. The number of methoxy groups -OCH3 is 1. The molecule has 0 spiro atoms. The predicted octanol–water partition coefficient (Wildman–Crippen LogP) is 3.49. The Morgan fingerprint density at radius 2 is 1.85 bits per heavy atom. The van der Waals surface area contributed by atoms with E-state index >= 15 is 0 Å². The second kappa shape index (κ2) is 9.23. The Morgan fingerprint density at radius 3 is 2.56 bits per heavy atom. The topological polar surface area (TPSA) is 56.2 Å². The molecule has 1 amide bonds. The molecule has 0 bridgehead atoms. The molecule has 0 aliphatic carbocycles. The molecule has 0 aliphatic heterocycles. The molecule has 1 heterocycles. The number of imidazole rings is 1. The van der Waals surface area contributed by atoms with E-state index in [4.69, 9.17) is 4.74 Å². The van der Waals surface area contributed by atoms with E-state index in [9.17, 15) is 9.18 Å². The van der Waals surface area contributed by atoms with Crippen LogP contribution in [0.5, 0.6) is 5.75 Å². The lowest BCUT2D eigenvalue weighted by Gasteiger charge is -2.09. The first-order valence-corrected chi connectivity index (χ1v) is 9.40. The lowest BCUT2D eigenvalue weighted by molar-refractivity contribution is -0.118. The van der Waals surface area contributed by atoms with E-state index in [1.807, 2.05) is 35.0 Å². The molecule has 3 aromatic rings. The fourth-order valence-corrected chi connectivity index (χ4v) is 3.26. The molecule has 7 heteroatoms. The number of carbonyl (C=O) groups excluding carboxylic acids is 1. The van der Waals surface area contributed by atoms with Crippen LogP contribution in [0.2, 0.25) is 0 Å². The zero-order chi connectivity index (χ0) is 19.1. The molecule has 0 atom stereocenters. The van der Waals surface area contributed by atoms with Crippen LogP contribution in [0.1, 0.15) is 11.1 Å². The van der Waals surface area contributed by atoms with Crippen molar-refractivity contribution in [2.45, 2.75) is 18.2 Å². The lowest BCUT2D eigenvalue weighted by Crippen LogP contribution is -2.24. The number of hydrogen-bond acceptors (Lipinski definition) is 4. The maximum atomic E-state index is 12.9. The second-order valence-corrected chi connectivity index (χ2v) is 6.82. The van der Waals surface area contributed by atoms with Crippen LogP contribution in [0.3, 0.4) is 0 Å². The van der Waals surface area contributed by atoms with Crippen molar-refractivity contribution < 1.29 is 13.9 Å². The number of amides is 1. The van der Waals surface area contributed by atoms with E-state index in [0.717, 1.165) is 22.0 Å². The number of rotatable bonds is 8. The van der Waals surface area contributed by atoms with Gasteiger partial charge >= 0.3 is 0 Å². The predicted molar refractivity (Wildman–Crippen MR) is 103 cm³/mol. The summed E-state index contributed by atoms with van der Waals surface area (Å²) in [6.45, 7) is 1.05. The van der Waals surface area contributed by atoms with Crippen LogP contribution in [0, 0.1) is 5.82 Å². The molecule has 0 fully saturated rings. The van der Waals surface area contributed by atoms with Gasteiger partial charge in [0.2, 0.25) is 5.91 Å². The summed E-state index contributed by atoms with van der Waals surface area (Å²) in [4.78, 5) is 16.4. The zero-order valence-electron chi connectivity index (χ0n) is 14.9. The minimum Gasteiger partial charge on any atom is -0.497 e. The number of carbonyl (C=O) groups is 1. The van der Waals surface area contributed by atoms with Gasteiger partial charge in [0.05, 0.1) is 12.9 Å². The molecule has 0 aliphatic rings. The van der Waals surface area contributed by atoms with Crippen molar-refractivity contribution in [2.75, 3.05) is 12.9 Å². The summed E-state index contributed by atoms with van der Waals surface area (Å²) in [5.74, 6) is 0.699. The molecule has 1 N–H and O–H groups in total. The van der Waals surface area contributed by atoms with Gasteiger partial charge in [-0.1, -0.05) is 36.0 Å². The van der Waals surface area contributed by atoms with E-state index in [0.29, 0.717) is 13.1 Å². The van der Waals surface area contributed by atoms with Gasteiger partial charge in [-0.15, -0.1) is 0 Å². The van der Waals surface area contributed by atoms with Crippen LogP contribution < -0.4 is 10.1 Å². The van der Waals surface area contributed by atoms with Crippen LogP contribution >= 0.6 is 11.8 Å². The molecule has 5 nitrogen and oxygen atoms in total. The maximum absolute atomic E-state index is 12.9. The summed E-state index contributed by atoms with van der Waals surface area (Å²) in [6.07, 6.45) is 3.62. The van der Waals surface area contributed by atoms with Crippen molar-refractivity contribution in [2.24, 2.45) is 0 Å². The van der Waals surface area contributed by atoms with Crippen molar-refractivity contribution in [3.63, 3.8) is 0 Å². The van der Waals surface area contributed by atoms with Gasteiger partial charge in [0.25, 0.3) is 0 Å². The second-order valence-electron chi connectivity index (χ2n) is 5.88. The Labute approximate surface area is 161 Å². The summed E-state index contributed by atoms with van der Waals surface area (Å²) < 4.78 is 20.1. The Morgan fingerprint density at radius 1 is 1.15 bits per heavy atom. The fraction of sp³-hybridized carbons (Fsp3) is 0.200. The number of benzene rings is 2. The largest absolute Gasteiger partial charge is 0.497 e. The monoisotopic (exact) mass is 385 g/mol. The highest BCUT2D eigenvalue weighted by Crippen LogP contribution is 2.18. The molecule has 0 saturated carbocycles. The minimum atomic E-state index is -0.288. The number of ether oxygens (including phenoxy) is 1. The molecule has 3 rings (SSSR count). The van der Waals surface area contributed by atoms with E-state index in [1.54, 1.807) is 25.4 Å². The number of aromatic nitrogens is 2. The van der Waals surface area contributed by atoms with Crippen molar-refractivity contribution in [3.8, 4) is 5.75 Å². The normalized spacial score (nSPS) is 10.6. The quantitative estimate of drug-likeness (QED) is 0.603. The third kappa shape index (κ3) is 5.59. The third-order valence-corrected chi connectivity index (χ3v) is 4.93. The highest BCUT2D eigenvalue weighted by molar-refractivity contribution is 7.99. The first-order chi connectivity index (χ1) is 13.1. The van der Waals surface area contributed by atoms with Crippen LogP contribution in [0.4, 0.5) is 4.39 Å². The molecule has 0 unspecified atom stereocenters. The van der Waals surface area contributed by atoms with Crippen LogP contribution in [-0.4, -0.2) is 28.3 Å². The van der Waals surface area contributed by atoms with Gasteiger partial charge in [-0.05, 0) is 35.4 Å². The van der Waals surface area contributed by atoms with Gasteiger partial charge in [-0.3, -0.25) is 4.79 Å². The Balaban J connectivity index is 1.50. The van der Waals surface area contributed by atoms with Gasteiger partial charge < -0.3 is 14.6 Å². The molecule has 1 aromatic heterocycles. The zero-order valence-corrected chi connectivity index (χ0v) is 15.7. The third-order valence-electron chi connectivity index (χ3n) is 3.92. The molecule has 0 radical (unpaired) electrons. The number of halogens is 1. The maximum Gasteiger partial charge on any atom is 0.230 e. The average Bonchev–Trinajstić information content (AvgIpc) is 3.13. The van der Waals surface area contributed by atoms with Crippen LogP contribution in [0.25, 0.3) is 0 Å². The summed E-state index contributed by atoms with van der Waals surface area (Å²) >= 11 is 1.38. The number of hydrogen-bond donors (Lipinski definition) is 1. The van der Waals surface area contributed by atoms with Crippen molar-refractivity contribution in [3.05, 3.63) is 77.9 Å². The van der Waals surface area contributed by atoms with Gasteiger partial charge in [-0.2, -0.15) is 0 Å². The Kier molecular flexibility index (Phi) is 6.49. The summed E-state index contributed by atoms with van der Waals surface area (Å²) in [6, 6.07) is 13.9. The van der Waals surface area contributed by atoms with E-state index < -0.39 is 0 Å². The molecule has 2 aromatic carbocycles. The smallest absolute Gasteiger partial charge is 0.230 e. The average molecular weight is 385 g/mol. The number of nitrogens with zero attached hydrogens (tertiary/aromatic N) is 2. The highest BCUT2D eigenvalue weighted by atomic mass is 32.2. The first kappa shape index (κ1) is 19.0. The SMILES string of the molecule is COc1ccc(Cn2ccnc2SCC(=O)NCc2ccc(F)cc2)cc1. The van der Waals surface area contributed by atoms with Crippen LogP contribution in [0.15, 0.2) is 66.1 Å². The van der Waals surface area contributed by atoms with E-state index in [-0.39, 0.29) is 17.5 Å². The van der Waals surface area contributed by atoms with Crippen molar-refractivity contribution in [1.82, 2.24) is 14.9 Å². The summed E-state index contributed by atoms with van der Waals surface area (Å²) in [5.41, 5.74) is 1.98. The van der Waals surface area contributed by atoms with E-state index in [2.05, 4.69) is 10.3 Å². The van der Waals surface area contributed by atoms with Gasteiger partial charge in [0.15, 0.2) is 5.16 Å². The van der Waals surface area contributed by atoms with E-state index in [1.165, 1.54) is 23.9 Å². The van der Waals surface area contributed by atoms with Crippen molar-refractivity contribution >= 4 is 17.7 Å². The van der Waals surface area contributed by atoms with Gasteiger partial charge in [-0.25, -0.2) is 9.37 Å². The highest BCUT2D eigenvalue weighted by Gasteiger charge is 2.08. The molecule has 27 heavy (non-hydrogen) atoms. The fourth-order valence-electron chi connectivity index (χ4n) is 2.47. The van der Waals surface area contributed by atoms with Crippen molar-refractivity contribution in [1.29, 1.82) is 0 Å². The molecular formula is C20H20FN3O2S. The summed E-state index contributed by atoms with van der Waals surface area (Å²) in [7, 11) is 1.64. The number of nitrogens with one attached hydrogen (secondary N) is 1.